The summed E-state index contributed by atoms with van der Waals surface area (Å²) < 4.78 is 1.97. The average molecular weight is 366 g/mol. The molecule has 0 saturated heterocycles. The van der Waals surface area contributed by atoms with Gasteiger partial charge in [0.1, 0.15) is 0 Å². The first kappa shape index (κ1) is 13.1. The number of hydrogen-bond acceptors (Lipinski definition) is 2. The SMILES string of the molecule is Cc1cc(Nc2c(Br)cccc2Br)ccc1C#N. The van der Waals surface area contributed by atoms with Crippen molar-refractivity contribution in [2.45, 2.75) is 6.92 Å². The molecule has 0 amide bonds. The number of rotatable bonds is 2. The molecule has 0 aromatic heterocycles. The lowest BCUT2D eigenvalue weighted by atomic mass is 10.1. The Balaban J connectivity index is 2.35. The highest BCUT2D eigenvalue weighted by molar-refractivity contribution is 9.11. The number of anilines is 2. The van der Waals surface area contributed by atoms with Crippen molar-refractivity contribution >= 4 is 43.2 Å². The number of para-hydroxylation sites is 1. The first-order valence-corrected chi connectivity index (χ1v) is 6.92. The highest BCUT2D eigenvalue weighted by atomic mass is 79.9. The van der Waals surface area contributed by atoms with Crippen LogP contribution in [0.25, 0.3) is 0 Å². The van der Waals surface area contributed by atoms with Crippen molar-refractivity contribution in [3.8, 4) is 6.07 Å². The maximum Gasteiger partial charge on any atom is 0.0994 e. The van der Waals surface area contributed by atoms with Crippen molar-refractivity contribution in [3.05, 3.63) is 56.5 Å². The lowest BCUT2D eigenvalue weighted by Gasteiger charge is -2.11. The molecule has 0 aliphatic rings. The number of nitriles is 1. The van der Waals surface area contributed by atoms with Gasteiger partial charge in [0.05, 0.1) is 17.3 Å². The molecule has 0 spiro atoms. The Morgan fingerprint density at radius 1 is 1.11 bits per heavy atom. The van der Waals surface area contributed by atoms with Crippen LogP contribution in [0, 0.1) is 18.3 Å². The van der Waals surface area contributed by atoms with Crippen LogP contribution in [0.5, 0.6) is 0 Å². The molecule has 0 heterocycles. The zero-order valence-electron chi connectivity index (χ0n) is 9.67. The van der Waals surface area contributed by atoms with Gasteiger partial charge in [0.25, 0.3) is 0 Å². The van der Waals surface area contributed by atoms with E-state index >= 15 is 0 Å². The summed E-state index contributed by atoms with van der Waals surface area (Å²) >= 11 is 7.01. The third kappa shape index (κ3) is 2.74. The van der Waals surface area contributed by atoms with Gasteiger partial charge in [-0.1, -0.05) is 6.07 Å². The Kier molecular flexibility index (Phi) is 4.05. The van der Waals surface area contributed by atoms with E-state index in [1.165, 1.54) is 0 Å². The lowest BCUT2D eigenvalue weighted by Crippen LogP contribution is -1.94. The van der Waals surface area contributed by atoms with Crippen LogP contribution in [-0.2, 0) is 0 Å². The van der Waals surface area contributed by atoms with E-state index in [0.717, 1.165) is 25.9 Å². The minimum absolute atomic E-state index is 0.701. The molecule has 1 N–H and O–H groups in total. The van der Waals surface area contributed by atoms with Crippen LogP contribution in [0.15, 0.2) is 45.3 Å². The van der Waals surface area contributed by atoms with Crippen molar-refractivity contribution in [1.29, 1.82) is 5.26 Å². The standard InChI is InChI=1S/C14H10Br2N2/c1-9-7-11(6-5-10(9)8-17)18-14-12(15)3-2-4-13(14)16/h2-7,18H,1H3. The first-order chi connectivity index (χ1) is 8.61. The van der Waals surface area contributed by atoms with E-state index in [2.05, 4.69) is 43.2 Å². The Morgan fingerprint density at radius 3 is 2.33 bits per heavy atom. The Hall–Kier alpha value is -1.31. The Morgan fingerprint density at radius 2 is 1.78 bits per heavy atom. The van der Waals surface area contributed by atoms with E-state index in [1.807, 2.05) is 43.3 Å². The van der Waals surface area contributed by atoms with Crippen molar-refractivity contribution < 1.29 is 0 Å². The van der Waals surface area contributed by atoms with E-state index in [4.69, 9.17) is 5.26 Å². The molecule has 90 valence electrons. The van der Waals surface area contributed by atoms with Crippen molar-refractivity contribution in [2.24, 2.45) is 0 Å². The van der Waals surface area contributed by atoms with Gasteiger partial charge in [0.15, 0.2) is 0 Å². The van der Waals surface area contributed by atoms with Crippen molar-refractivity contribution in [2.75, 3.05) is 5.32 Å². The van der Waals surface area contributed by atoms with Gasteiger partial charge >= 0.3 is 0 Å². The summed E-state index contributed by atoms with van der Waals surface area (Å²) in [7, 11) is 0. The van der Waals surface area contributed by atoms with Crippen molar-refractivity contribution in [3.63, 3.8) is 0 Å². The molecule has 18 heavy (non-hydrogen) atoms. The monoisotopic (exact) mass is 364 g/mol. The largest absolute Gasteiger partial charge is 0.354 e. The molecule has 0 aliphatic carbocycles. The number of nitrogens with one attached hydrogen (secondary N) is 1. The summed E-state index contributed by atoms with van der Waals surface area (Å²) in [6.45, 7) is 1.93. The van der Waals surface area contributed by atoms with Crippen LogP contribution in [0.3, 0.4) is 0 Å². The predicted octanol–water partition coefficient (Wildman–Crippen LogP) is 5.14. The van der Waals surface area contributed by atoms with Gasteiger partial charge in [0.2, 0.25) is 0 Å². The first-order valence-electron chi connectivity index (χ1n) is 5.33. The smallest absolute Gasteiger partial charge is 0.0994 e. The Labute approximate surface area is 123 Å². The van der Waals surface area contributed by atoms with Gasteiger partial charge in [-0.3, -0.25) is 0 Å². The molecule has 0 bridgehead atoms. The minimum atomic E-state index is 0.701. The van der Waals surface area contributed by atoms with Crippen LogP contribution < -0.4 is 5.32 Å². The van der Waals surface area contributed by atoms with E-state index < -0.39 is 0 Å². The van der Waals surface area contributed by atoms with E-state index in [1.54, 1.807) is 0 Å². The third-order valence-corrected chi connectivity index (χ3v) is 3.90. The second-order valence-corrected chi connectivity index (χ2v) is 5.57. The van der Waals surface area contributed by atoms with Gasteiger partial charge in [0, 0.05) is 14.6 Å². The van der Waals surface area contributed by atoms with Gasteiger partial charge < -0.3 is 5.32 Å². The highest BCUT2D eigenvalue weighted by Crippen LogP contribution is 2.33. The molecule has 0 atom stereocenters. The summed E-state index contributed by atoms with van der Waals surface area (Å²) in [5.41, 5.74) is 3.60. The quantitative estimate of drug-likeness (QED) is 0.800. The second kappa shape index (κ2) is 5.55. The van der Waals surface area contributed by atoms with Crippen LogP contribution in [-0.4, -0.2) is 0 Å². The summed E-state index contributed by atoms with van der Waals surface area (Å²) in [6.07, 6.45) is 0. The topological polar surface area (TPSA) is 35.8 Å². The molecule has 0 aliphatic heterocycles. The minimum Gasteiger partial charge on any atom is -0.354 e. The van der Waals surface area contributed by atoms with E-state index in [0.29, 0.717) is 5.56 Å². The lowest BCUT2D eigenvalue weighted by molar-refractivity contribution is 1.38. The number of hydrogen-bond donors (Lipinski definition) is 1. The molecular weight excluding hydrogens is 356 g/mol. The van der Waals surface area contributed by atoms with Crippen LogP contribution in [0.2, 0.25) is 0 Å². The molecule has 4 heteroatoms. The Bertz CT molecular complexity index is 610. The van der Waals surface area contributed by atoms with Gasteiger partial charge in [-0.25, -0.2) is 0 Å². The summed E-state index contributed by atoms with van der Waals surface area (Å²) in [5.74, 6) is 0. The highest BCUT2D eigenvalue weighted by Gasteiger charge is 2.05. The van der Waals surface area contributed by atoms with Crippen molar-refractivity contribution in [1.82, 2.24) is 0 Å². The maximum absolute atomic E-state index is 8.90. The normalized spacial score (nSPS) is 9.89. The van der Waals surface area contributed by atoms with Crippen LogP contribution in [0.1, 0.15) is 11.1 Å². The predicted molar refractivity (Wildman–Crippen MR) is 81.0 cm³/mol. The summed E-state index contributed by atoms with van der Waals surface area (Å²) in [6, 6.07) is 13.8. The number of aryl methyl sites for hydroxylation is 1. The maximum atomic E-state index is 8.90. The fourth-order valence-electron chi connectivity index (χ4n) is 1.63. The molecule has 0 radical (unpaired) electrons. The number of nitrogens with zero attached hydrogens (tertiary/aromatic N) is 1. The number of benzene rings is 2. The zero-order valence-corrected chi connectivity index (χ0v) is 12.8. The van der Waals surface area contributed by atoms with E-state index in [9.17, 15) is 0 Å². The van der Waals surface area contributed by atoms with Crippen LogP contribution >= 0.6 is 31.9 Å². The average Bonchev–Trinajstić information content (AvgIpc) is 2.34. The molecule has 0 saturated carbocycles. The molecule has 0 fully saturated rings. The number of halogens is 2. The fraction of sp³-hybridized carbons (Fsp3) is 0.0714. The molecule has 2 nitrogen and oxygen atoms in total. The molecule has 2 aromatic carbocycles. The molecule has 2 rings (SSSR count). The summed E-state index contributed by atoms with van der Waals surface area (Å²) in [5, 5.41) is 12.2. The molecular formula is C14H10Br2N2. The fourth-order valence-corrected chi connectivity index (χ4v) is 2.83. The van der Waals surface area contributed by atoms with Gasteiger partial charge in [-0.15, -0.1) is 0 Å². The summed E-state index contributed by atoms with van der Waals surface area (Å²) in [4.78, 5) is 0. The van der Waals surface area contributed by atoms with Gasteiger partial charge in [-0.2, -0.15) is 5.26 Å². The third-order valence-electron chi connectivity index (χ3n) is 2.58. The second-order valence-electron chi connectivity index (χ2n) is 3.86. The van der Waals surface area contributed by atoms with Crippen LogP contribution in [0.4, 0.5) is 11.4 Å². The van der Waals surface area contributed by atoms with E-state index in [-0.39, 0.29) is 0 Å². The molecule has 0 unspecified atom stereocenters. The zero-order chi connectivity index (χ0) is 13.1. The van der Waals surface area contributed by atoms with Gasteiger partial charge in [-0.05, 0) is 74.7 Å². The molecule has 2 aromatic rings.